The van der Waals surface area contributed by atoms with Crippen LogP contribution in [-0.4, -0.2) is 16.0 Å². The molecule has 1 atom stereocenters. The third-order valence-corrected chi connectivity index (χ3v) is 3.08. The second-order valence-electron chi connectivity index (χ2n) is 4.46. The van der Waals surface area contributed by atoms with Crippen LogP contribution in [0.4, 0.5) is 10.1 Å². The molecule has 2 N–H and O–H groups in total. The Morgan fingerprint density at radius 3 is 2.95 bits per heavy atom. The van der Waals surface area contributed by atoms with Crippen LogP contribution in [0.1, 0.15) is 24.0 Å². The fraction of sp³-hybridized carbons (Fsp3) is 0.200. The number of amides is 1. The van der Waals surface area contributed by atoms with Crippen molar-refractivity contribution in [1.29, 1.82) is 0 Å². The predicted molar refractivity (Wildman–Crippen MR) is 73.6 cm³/mol. The van der Waals surface area contributed by atoms with E-state index in [0.29, 0.717) is 16.8 Å². The van der Waals surface area contributed by atoms with Crippen LogP contribution in [0.5, 0.6) is 0 Å². The van der Waals surface area contributed by atoms with E-state index >= 15 is 0 Å². The topological polar surface area (TPSA) is 62.2 Å². The molecule has 0 aliphatic heterocycles. The van der Waals surface area contributed by atoms with Crippen molar-refractivity contribution in [2.45, 2.75) is 19.4 Å². The van der Waals surface area contributed by atoms with Gasteiger partial charge in [-0.05, 0) is 30.7 Å². The van der Waals surface area contributed by atoms with Crippen molar-refractivity contribution < 1.29 is 14.3 Å². The van der Waals surface area contributed by atoms with Crippen LogP contribution in [0.2, 0.25) is 0 Å². The van der Waals surface area contributed by atoms with Gasteiger partial charge in [0.15, 0.2) is 0 Å². The molecule has 1 aromatic heterocycles. The van der Waals surface area contributed by atoms with Gasteiger partial charge in [-0.2, -0.15) is 0 Å². The lowest BCUT2D eigenvalue weighted by Crippen LogP contribution is -2.20. The summed E-state index contributed by atoms with van der Waals surface area (Å²) in [5.41, 5.74) is 1.64. The molecule has 0 aliphatic rings. The Balaban J connectivity index is 2.15. The van der Waals surface area contributed by atoms with Crippen molar-refractivity contribution in [2.75, 3.05) is 5.32 Å². The van der Waals surface area contributed by atoms with E-state index in [0.717, 1.165) is 0 Å². The predicted octanol–water partition coefficient (Wildman–Crippen LogP) is 2.46. The maximum Gasteiger partial charge on any atom is 0.231 e. The largest absolute Gasteiger partial charge is 0.392 e. The SMILES string of the molecule is CC(C(=O)Nc1cnccc1CO)c1cccc(F)c1. The molecule has 0 saturated carbocycles. The maximum atomic E-state index is 13.2. The minimum atomic E-state index is -0.502. The molecule has 0 saturated heterocycles. The molecule has 20 heavy (non-hydrogen) atoms. The van der Waals surface area contributed by atoms with E-state index < -0.39 is 5.92 Å². The van der Waals surface area contributed by atoms with Crippen molar-refractivity contribution in [3.63, 3.8) is 0 Å². The summed E-state index contributed by atoms with van der Waals surface area (Å²) in [5, 5.41) is 11.9. The van der Waals surface area contributed by atoms with Gasteiger partial charge in [-0.15, -0.1) is 0 Å². The molecule has 0 fully saturated rings. The first-order valence-electron chi connectivity index (χ1n) is 6.22. The molecule has 0 bridgehead atoms. The Bertz CT molecular complexity index is 616. The van der Waals surface area contributed by atoms with Gasteiger partial charge in [0.2, 0.25) is 5.91 Å². The van der Waals surface area contributed by atoms with Crippen LogP contribution in [0.25, 0.3) is 0 Å². The Labute approximate surface area is 116 Å². The highest BCUT2D eigenvalue weighted by Crippen LogP contribution is 2.20. The Kier molecular flexibility index (Phi) is 4.42. The molecule has 0 aliphatic carbocycles. The number of pyridine rings is 1. The minimum absolute atomic E-state index is 0.188. The van der Waals surface area contributed by atoms with Gasteiger partial charge in [0.25, 0.3) is 0 Å². The summed E-state index contributed by atoms with van der Waals surface area (Å²) in [6.07, 6.45) is 3.01. The van der Waals surface area contributed by atoms with Crippen molar-refractivity contribution >= 4 is 11.6 Å². The molecule has 1 amide bonds. The number of nitrogens with zero attached hydrogens (tertiary/aromatic N) is 1. The van der Waals surface area contributed by atoms with Crippen LogP contribution in [0.3, 0.4) is 0 Å². The number of hydrogen-bond acceptors (Lipinski definition) is 3. The van der Waals surface area contributed by atoms with Crippen LogP contribution < -0.4 is 5.32 Å². The average Bonchev–Trinajstić information content (AvgIpc) is 2.47. The summed E-state index contributed by atoms with van der Waals surface area (Å²) in [5.74, 6) is -1.16. The van der Waals surface area contributed by atoms with Gasteiger partial charge in [-0.25, -0.2) is 4.39 Å². The molecule has 1 unspecified atom stereocenters. The van der Waals surface area contributed by atoms with Crippen molar-refractivity contribution in [3.05, 3.63) is 59.7 Å². The van der Waals surface area contributed by atoms with Crippen LogP contribution >= 0.6 is 0 Å². The molecule has 2 aromatic rings. The average molecular weight is 274 g/mol. The van der Waals surface area contributed by atoms with Gasteiger partial charge in [0.1, 0.15) is 5.82 Å². The minimum Gasteiger partial charge on any atom is -0.392 e. The summed E-state index contributed by atoms with van der Waals surface area (Å²) < 4.78 is 13.2. The van der Waals surface area contributed by atoms with Crippen molar-refractivity contribution in [1.82, 2.24) is 4.98 Å². The van der Waals surface area contributed by atoms with Crippen molar-refractivity contribution in [3.8, 4) is 0 Å². The summed E-state index contributed by atoms with van der Waals surface area (Å²) >= 11 is 0. The first kappa shape index (κ1) is 14.1. The van der Waals surface area contributed by atoms with Gasteiger partial charge in [-0.1, -0.05) is 12.1 Å². The number of aromatic nitrogens is 1. The number of carbonyl (C=O) groups excluding carboxylic acids is 1. The molecular weight excluding hydrogens is 259 g/mol. The number of hydrogen-bond donors (Lipinski definition) is 2. The molecule has 5 heteroatoms. The lowest BCUT2D eigenvalue weighted by Gasteiger charge is -2.14. The van der Waals surface area contributed by atoms with E-state index in [1.54, 1.807) is 25.1 Å². The summed E-state index contributed by atoms with van der Waals surface area (Å²) in [6, 6.07) is 7.56. The number of rotatable bonds is 4. The molecule has 0 spiro atoms. The van der Waals surface area contributed by atoms with Gasteiger partial charge in [-0.3, -0.25) is 9.78 Å². The number of nitrogens with one attached hydrogen (secondary N) is 1. The van der Waals surface area contributed by atoms with Crippen molar-refractivity contribution in [2.24, 2.45) is 0 Å². The first-order valence-corrected chi connectivity index (χ1v) is 6.22. The molecular formula is C15H15FN2O2. The molecule has 2 rings (SSSR count). The Morgan fingerprint density at radius 1 is 1.45 bits per heavy atom. The molecule has 104 valence electrons. The number of aliphatic hydroxyl groups is 1. The van der Waals surface area contributed by atoms with Gasteiger partial charge in [0.05, 0.1) is 24.4 Å². The maximum absolute atomic E-state index is 13.2. The normalized spacial score (nSPS) is 11.9. The number of halogens is 1. The summed E-state index contributed by atoms with van der Waals surface area (Å²) in [7, 11) is 0. The highest BCUT2D eigenvalue weighted by atomic mass is 19.1. The van der Waals surface area contributed by atoms with Crippen LogP contribution in [0, 0.1) is 5.82 Å². The number of anilines is 1. The smallest absolute Gasteiger partial charge is 0.231 e. The van der Waals surface area contributed by atoms with E-state index in [2.05, 4.69) is 10.3 Å². The van der Waals surface area contributed by atoms with Gasteiger partial charge in [0, 0.05) is 11.8 Å². The van der Waals surface area contributed by atoms with E-state index in [1.807, 2.05) is 0 Å². The van der Waals surface area contributed by atoms with E-state index in [1.165, 1.54) is 24.5 Å². The molecule has 1 heterocycles. The fourth-order valence-electron chi connectivity index (χ4n) is 1.84. The van der Waals surface area contributed by atoms with Crippen LogP contribution in [-0.2, 0) is 11.4 Å². The van der Waals surface area contributed by atoms with Crippen LogP contribution in [0.15, 0.2) is 42.7 Å². The zero-order valence-electron chi connectivity index (χ0n) is 11.0. The fourth-order valence-corrected chi connectivity index (χ4v) is 1.84. The Morgan fingerprint density at radius 2 is 2.25 bits per heavy atom. The number of carbonyl (C=O) groups is 1. The standard InChI is InChI=1S/C15H15FN2O2/c1-10(11-3-2-4-13(16)7-11)15(20)18-14-8-17-6-5-12(14)9-19/h2-8,10,19H,9H2,1H3,(H,18,20). The summed E-state index contributed by atoms with van der Waals surface area (Å²) in [6.45, 7) is 1.51. The molecule has 1 aromatic carbocycles. The van der Waals surface area contributed by atoms with E-state index in [4.69, 9.17) is 0 Å². The first-order chi connectivity index (χ1) is 9.61. The monoisotopic (exact) mass is 274 g/mol. The highest BCUT2D eigenvalue weighted by Gasteiger charge is 2.17. The van der Waals surface area contributed by atoms with E-state index in [9.17, 15) is 14.3 Å². The number of benzene rings is 1. The quantitative estimate of drug-likeness (QED) is 0.900. The third kappa shape index (κ3) is 3.19. The van der Waals surface area contributed by atoms with Gasteiger partial charge < -0.3 is 10.4 Å². The third-order valence-electron chi connectivity index (χ3n) is 3.08. The molecule has 4 nitrogen and oxygen atoms in total. The second kappa shape index (κ2) is 6.25. The molecule has 0 radical (unpaired) electrons. The van der Waals surface area contributed by atoms with Gasteiger partial charge >= 0.3 is 0 Å². The zero-order chi connectivity index (χ0) is 14.5. The summed E-state index contributed by atoms with van der Waals surface area (Å²) in [4.78, 5) is 16.1. The van der Waals surface area contributed by atoms with E-state index in [-0.39, 0.29) is 18.3 Å². The Hall–Kier alpha value is -2.27. The second-order valence-corrected chi connectivity index (χ2v) is 4.46. The highest BCUT2D eigenvalue weighted by molar-refractivity contribution is 5.96. The number of aliphatic hydroxyl groups excluding tert-OH is 1. The lowest BCUT2D eigenvalue weighted by atomic mass is 10.00. The zero-order valence-corrected chi connectivity index (χ0v) is 11.0. The lowest BCUT2D eigenvalue weighted by molar-refractivity contribution is -0.117.